The number of esters is 1. The average Bonchev–Trinajstić information content (AvgIpc) is 3.30. The van der Waals surface area contributed by atoms with Crippen LogP contribution in [-0.2, 0) is 9.53 Å². The molecule has 29 heavy (non-hydrogen) atoms. The van der Waals surface area contributed by atoms with Crippen LogP contribution in [0.2, 0.25) is 0 Å². The Kier molecular flexibility index (Phi) is 4.82. The SMILES string of the molecule is COC(=O)C(c1cccc(OC)c1)n1ncc2ccc(-c3cn[nH]c3)cc2c1=O. The number of carbonyl (C=O) groups excluding carboxylic acids is 1. The maximum absolute atomic E-state index is 13.3. The van der Waals surface area contributed by atoms with Crippen LogP contribution in [0.25, 0.3) is 21.9 Å². The van der Waals surface area contributed by atoms with Crippen molar-refractivity contribution < 1.29 is 14.3 Å². The fraction of sp³-hybridized carbons (Fsp3) is 0.143. The normalized spacial score (nSPS) is 11.9. The van der Waals surface area contributed by atoms with Crippen LogP contribution in [-0.4, -0.2) is 40.2 Å². The maximum atomic E-state index is 13.3. The fourth-order valence-electron chi connectivity index (χ4n) is 3.23. The Balaban J connectivity index is 1.90. The van der Waals surface area contributed by atoms with E-state index in [0.29, 0.717) is 22.1 Å². The number of methoxy groups -OCH3 is 2. The van der Waals surface area contributed by atoms with Gasteiger partial charge in [0.15, 0.2) is 6.04 Å². The van der Waals surface area contributed by atoms with Gasteiger partial charge in [-0.15, -0.1) is 0 Å². The number of rotatable bonds is 5. The van der Waals surface area contributed by atoms with E-state index in [2.05, 4.69) is 15.3 Å². The molecule has 0 spiro atoms. The summed E-state index contributed by atoms with van der Waals surface area (Å²) in [5.74, 6) is -0.0364. The standard InChI is InChI=1S/C21H18N4O4/c1-28-17-5-3-4-14(8-17)19(21(27)29-2)25-20(26)18-9-13(16-10-22-23-11-16)6-7-15(18)12-24-25/h3-12,19H,1-2H3,(H,22,23). The second kappa shape index (κ2) is 7.59. The number of aromatic nitrogens is 4. The van der Waals surface area contributed by atoms with Crippen LogP contribution < -0.4 is 10.3 Å². The van der Waals surface area contributed by atoms with E-state index in [1.54, 1.807) is 48.9 Å². The molecule has 8 nitrogen and oxygen atoms in total. The molecule has 0 saturated carbocycles. The molecule has 4 aromatic rings. The molecular weight excluding hydrogens is 372 g/mol. The number of hydrogen-bond acceptors (Lipinski definition) is 6. The summed E-state index contributed by atoms with van der Waals surface area (Å²) in [5.41, 5.74) is 1.83. The average molecular weight is 390 g/mol. The first-order valence-electron chi connectivity index (χ1n) is 8.85. The molecule has 2 aromatic heterocycles. The van der Waals surface area contributed by atoms with Crippen LogP contribution in [0.4, 0.5) is 0 Å². The number of hydrogen-bond donors (Lipinski definition) is 1. The highest BCUT2D eigenvalue weighted by Gasteiger charge is 2.27. The third kappa shape index (κ3) is 3.36. The highest BCUT2D eigenvalue weighted by molar-refractivity contribution is 5.86. The van der Waals surface area contributed by atoms with Crippen molar-refractivity contribution in [3.05, 3.63) is 77.0 Å². The minimum atomic E-state index is -1.04. The lowest BCUT2D eigenvalue weighted by Crippen LogP contribution is -2.33. The zero-order chi connectivity index (χ0) is 20.4. The van der Waals surface area contributed by atoms with Gasteiger partial charge in [0.25, 0.3) is 5.56 Å². The van der Waals surface area contributed by atoms with E-state index in [4.69, 9.17) is 9.47 Å². The number of benzene rings is 2. The van der Waals surface area contributed by atoms with E-state index in [9.17, 15) is 9.59 Å². The predicted molar refractivity (Wildman–Crippen MR) is 107 cm³/mol. The molecule has 1 unspecified atom stereocenters. The summed E-state index contributed by atoms with van der Waals surface area (Å²) in [4.78, 5) is 25.9. The van der Waals surface area contributed by atoms with Crippen LogP contribution in [0, 0.1) is 0 Å². The maximum Gasteiger partial charge on any atom is 0.335 e. The molecule has 0 saturated heterocycles. The van der Waals surface area contributed by atoms with Crippen LogP contribution in [0.1, 0.15) is 11.6 Å². The molecule has 1 atom stereocenters. The Bertz CT molecular complexity index is 1230. The van der Waals surface area contributed by atoms with Gasteiger partial charge >= 0.3 is 5.97 Å². The lowest BCUT2D eigenvalue weighted by molar-refractivity contribution is -0.143. The molecule has 0 aliphatic heterocycles. The predicted octanol–water partition coefficient (Wildman–Crippen LogP) is 2.56. The van der Waals surface area contributed by atoms with Crippen LogP contribution in [0.15, 0.2) is 65.8 Å². The minimum absolute atomic E-state index is 0.397. The highest BCUT2D eigenvalue weighted by atomic mass is 16.5. The van der Waals surface area contributed by atoms with Gasteiger partial charge in [-0.3, -0.25) is 9.89 Å². The molecular formula is C21H18N4O4. The number of aromatic amines is 1. The zero-order valence-electron chi connectivity index (χ0n) is 15.8. The highest BCUT2D eigenvalue weighted by Crippen LogP contribution is 2.25. The molecule has 0 bridgehead atoms. The fourth-order valence-corrected chi connectivity index (χ4v) is 3.23. The van der Waals surface area contributed by atoms with Crippen molar-refractivity contribution in [3.63, 3.8) is 0 Å². The van der Waals surface area contributed by atoms with E-state index in [0.717, 1.165) is 15.8 Å². The van der Waals surface area contributed by atoms with E-state index in [1.807, 2.05) is 12.1 Å². The lowest BCUT2D eigenvalue weighted by atomic mass is 10.0. The van der Waals surface area contributed by atoms with Gasteiger partial charge in [-0.25, -0.2) is 9.48 Å². The quantitative estimate of drug-likeness (QED) is 0.526. The summed E-state index contributed by atoms with van der Waals surface area (Å²) in [6.45, 7) is 0. The number of nitrogens with one attached hydrogen (secondary N) is 1. The smallest absolute Gasteiger partial charge is 0.335 e. The van der Waals surface area contributed by atoms with Gasteiger partial charge in [0.2, 0.25) is 0 Å². The summed E-state index contributed by atoms with van der Waals surface area (Å²) in [6, 6.07) is 11.3. The topological polar surface area (TPSA) is 99.1 Å². The van der Waals surface area contributed by atoms with Gasteiger partial charge in [-0.05, 0) is 29.3 Å². The summed E-state index contributed by atoms with van der Waals surface area (Å²) in [6.07, 6.45) is 4.98. The molecule has 1 N–H and O–H groups in total. The van der Waals surface area contributed by atoms with E-state index < -0.39 is 17.6 Å². The van der Waals surface area contributed by atoms with Gasteiger partial charge < -0.3 is 9.47 Å². The van der Waals surface area contributed by atoms with E-state index >= 15 is 0 Å². The van der Waals surface area contributed by atoms with Crippen LogP contribution >= 0.6 is 0 Å². The molecule has 0 aliphatic carbocycles. The molecule has 146 valence electrons. The van der Waals surface area contributed by atoms with Crippen molar-refractivity contribution in [1.29, 1.82) is 0 Å². The van der Waals surface area contributed by atoms with Crippen LogP contribution in [0.3, 0.4) is 0 Å². The van der Waals surface area contributed by atoms with E-state index in [-0.39, 0.29) is 0 Å². The van der Waals surface area contributed by atoms with Crippen molar-refractivity contribution in [2.45, 2.75) is 6.04 Å². The Hall–Kier alpha value is -3.94. The summed E-state index contributed by atoms with van der Waals surface area (Å²) < 4.78 is 11.3. The second-order valence-corrected chi connectivity index (χ2v) is 6.39. The Morgan fingerprint density at radius 2 is 1.97 bits per heavy atom. The molecule has 2 aromatic carbocycles. The number of carbonyl (C=O) groups is 1. The third-order valence-corrected chi connectivity index (χ3v) is 4.72. The lowest BCUT2D eigenvalue weighted by Gasteiger charge is -2.18. The molecule has 0 fully saturated rings. The summed E-state index contributed by atoms with van der Waals surface area (Å²) >= 11 is 0. The Morgan fingerprint density at radius 1 is 1.10 bits per heavy atom. The first kappa shape index (κ1) is 18.4. The minimum Gasteiger partial charge on any atom is -0.497 e. The van der Waals surface area contributed by atoms with Gasteiger partial charge in [-0.2, -0.15) is 10.2 Å². The molecule has 2 heterocycles. The third-order valence-electron chi connectivity index (χ3n) is 4.72. The van der Waals surface area contributed by atoms with Gasteiger partial charge in [0.05, 0.1) is 32.0 Å². The summed E-state index contributed by atoms with van der Waals surface area (Å²) in [7, 11) is 2.81. The second-order valence-electron chi connectivity index (χ2n) is 6.39. The van der Waals surface area contributed by atoms with Gasteiger partial charge in [0, 0.05) is 17.1 Å². The number of ether oxygens (including phenoxy) is 2. The number of fused-ring (bicyclic) bond motifs is 1. The Morgan fingerprint density at radius 3 is 2.69 bits per heavy atom. The molecule has 0 radical (unpaired) electrons. The number of nitrogens with zero attached hydrogens (tertiary/aromatic N) is 3. The van der Waals surface area contributed by atoms with Crippen molar-refractivity contribution >= 4 is 16.7 Å². The summed E-state index contributed by atoms with van der Waals surface area (Å²) in [5, 5.41) is 12.1. The van der Waals surface area contributed by atoms with Crippen molar-refractivity contribution in [2.24, 2.45) is 0 Å². The number of H-pyrrole nitrogens is 1. The molecule has 8 heteroatoms. The van der Waals surface area contributed by atoms with Crippen molar-refractivity contribution in [3.8, 4) is 16.9 Å². The zero-order valence-corrected chi connectivity index (χ0v) is 15.8. The van der Waals surface area contributed by atoms with Crippen molar-refractivity contribution in [1.82, 2.24) is 20.0 Å². The van der Waals surface area contributed by atoms with Crippen LogP contribution in [0.5, 0.6) is 5.75 Å². The first-order valence-corrected chi connectivity index (χ1v) is 8.85. The first-order chi connectivity index (χ1) is 14.1. The molecule has 0 aliphatic rings. The monoisotopic (exact) mass is 390 g/mol. The largest absolute Gasteiger partial charge is 0.497 e. The Labute approximate surface area is 165 Å². The van der Waals surface area contributed by atoms with E-state index in [1.165, 1.54) is 14.2 Å². The van der Waals surface area contributed by atoms with Gasteiger partial charge in [-0.1, -0.05) is 24.3 Å². The van der Waals surface area contributed by atoms with Gasteiger partial charge in [0.1, 0.15) is 5.75 Å². The van der Waals surface area contributed by atoms with Crippen molar-refractivity contribution in [2.75, 3.05) is 14.2 Å². The molecule has 0 amide bonds. The molecule has 4 rings (SSSR count).